The molecule has 3 N–H and O–H groups in total. The van der Waals surface area contributed by atoms with Crippen molar-refractivity contribution < 1.29 is 14.3 Å². The molecule has 146 valence electrons. The van der Waals surface area contributed by atoms with Gasteiger partial charge in [0.15, 0.2) is 0 Å². The summed E-state index contributed by atoms with van der Waals surface area (Å²) in [6, 6.07) is 8.02. The minimum Gasteiger partial charge on any atom is -0.341 e. The zero-order valence-corrected chi connectivity index (χ0v) is 16.8. The minimum atomic E-state index is -3.12. The van der Waals surface area contributed by atoms with Gasteiger partial charge in [0.25, 0.3) is 8.03 Å². The van der Waals surface area contributed by atoms with E-state index in [4.69, 9.17) is 4.89 Å². The molecule has 0 bridgehead atoms. The van der Waals surface area contributed by atoms with Gasteiger partial charge < -0.3 is 15.5 Å². The Morgan fingerprint density at radius 2 is 1.81 bits per heavy atom. The van der Waals surface area contributed by atoms with Crippen molar-refractivity contribution in [2.24, 2.45) is 0 Å². The fraction of sp³-hybridized carbons (Fsp3) is 0.650. The summed E-state index contributed by atoms with van der Waals surface area (Å²) in [6.45, 7) is 3.60. The van der Waals surface area contributed by atoms with E-state index in [0.717, 1.165) is 12.8 Å². The average molecular weight is 380 g/mol. The van der Waals surface area contributed by atoms with Crippen molar-refractivity contribution in [1.82, 2.24) is 10.6 Å². The number of carbonyl (C=O) groups excluding carboxylic acids is 1. The van der Waals surface area contributed by atoms with Crippen LogP contribution >= 0.6 is 8.03 Å². The van der Waals surface area contributed by atoms with Crippen molar-refractivity contribution in [1.29, 1.82) is 0 Å². The number of rotatable bonds is 12. The molecule has 0 spiro atoms. The lowest BCUT2D eigenvalue weighted by atomic mass is 10.0. The van der Waals surface area contributed by atoms with E-state index < -0.39 is 19.6 Å². The number of benzene rings is 1. The molecular formula is C20H33N2O3P. The highest BCUT2D eigenvalue weighted by molar-refractivity contribution is 7.58. The molecule has 1 saturated heterocycles. The first-order chi connectivity index (χ1) is 12.6. The van der Waals surface area contributed by atoms with Gasteiger partial charge in [-0.05, 0) is 36.9 Å². The van der Waals surface area contributed by atoms with Crippen LogP contribution in [0.4, 0.5) is 0 Å². The van der Waals surface area contributed by atoms with Gasteiger partial charge in [0.1, 0.15) is 0 Å². The van der Waals surface area contributed by atoms with E-state index in [0.29, 0.717) is 13.1 Å². The van der Waals surface area contributed by atoms with Crippen molar-refractivity contribution in [3.63, 3.8) is 0 Å². The van der Waals surface area contributed by atoms with E-state index >= 15 is 0 Å². The first kappa shape index (κ1) is 21.3. The van der Waals surface area contributed by atoms with Gasteiger partial charge in [-0.15, -0.1) is 0 Å². The van der Waals surface area contributed by atoms with Gasteiger partial charge >= 0.3 is 0 Å². The molecule has 26 heavy (non-hydrogen) atoms. The van der Waals surface area contributed by atoms with Gasteiger partial charge in [0.2, 0.25) is 5.52 Å². The lowest BCUT2D eigenvalue weighted by Crippen LogP contribution is -2.44. The summed E-state index contributed by atoms with van der Waals surface area (Å²) in [5.41, 5.74) is 1.98. The third-order valence-corrected chi connectivity index (χ3v) is 5.86. The SMILES string of the molecule is CCCCCCCCc1ccc(CNC2CCNC2C(=O)[PH](=O)O)cc1. The molecule has 0 saturated carbocycles. The van der Waals surface area contributed by atoms with Crippen molar-refractivity contribution >= 4 is 13.6 Å². The van der Waals surface area contributed by atoms with Crippen LogP contribution in [0.2, 0.25) is 0 Å². The minimum absolute atomic E-state index is 0.0774. The van der Waals surface area contributed by atoms with Crippen LogP contribution in [-0.2, 0) is 22.3 Å². The molecule has 1 aromatic rings. The Hall–Kier alpha value is -1.00. The summed E-state index contributed by atoms with van der Waals surface area (Å²) in [5.74, 6) is 0. The number of nitrogens with one attached hydrogen (secondary N) is 2. The number of hydrogen-bond donors (Lipinski definition) is 3. The van der Waals surface area contributed by atoms with Crippen molar-refractivity contribution in [3.8, 4) is 0 Å². The molecule has 2 rings (SSSR count). The molecule has 3 atom stereocenters. The topological polar surface area (TPSA) is 78.4 Å². The zero-order valence-electron chi connectivity index (χ0n) is 15.8. The molecule has 1 aliphatic rings. The Balaban J connectivity index is 1.71. The van der Waals surface area contributed by atoms with E-state index in [1.807, 2.05) is 0 Å². The van der Waals surface area contributed by atoms with Crippen molar-refractivity contribution in [3.05, 3.63) is 35.4 Å². The fourth-order valence-electron chi connectivity index (χ4n) is 3.51. The molecule has 1 aliphatic heterocycles. The van der Waals surface area contributed by atoms with Crippen molar-refractivity contribution in [2.45, 2.75) is 76.9 Å². The predicted molar refractivity (Wildman–Crippen MR) is 107 cm³/mol. The van der Waals surface area contributed by atoms with Crippen LogP contribution in [0, 0.1) is 0 Å². The maximum Gasteiger partial charge on any atom is 0.254 e. The summed E-state index contributed by atoms with van der Waals surface area (Å²) in [5, 5.41) is 6.39. The van der Waals surface area contributed by atoms with Gasteiger partial charge in [0.05, 0.1) is 6.04 Å². The van der Waals surface area contributed by atoms with Crippen LogP contribution in [0.1, 0.15) is 63.0 Å². The fourth-order valence-corrected chi connectivity index (χ4v) is 4.08. The molecule has 0 radical (unpaired) electrons. The van der Waals surface area contributed by atoms with E-state index in [9.17, 15) is 9.36 Å². The zero-order chi connectivity index (χ0) is 18.8. The summed E-state index contributed by atoms with van der Waals surface area (Å²) >= 11 is 0. The quantitative estimate of drug-likeness (QED) is 0.383. The third-order valence-electron chi connectivity index (χ3n) is 5.13. The molecule has 1 heterocycles. The Kier molecular flexibility index (Phi) is 9.55. The Labute approximate surface area is 157 Å². The van der Waals surface area contributed by atoms with Crippen LogP contribution in [0.5, 0.6) is 0 Å². The molecule has 3 unspecified atom stereocenters. The van der Waals surface area contributed by atoms with Gasteiger partial charge in [0, 0.05) is 12.6 Å². The van der Waals surface area contributed by atoms with Gasteiger partial charge in [-0.1, -0.05) is 63.3 Å². The molecular weight excluding hydrogens is 347 g/mol. The Morgan fingerprint density at radius 1 is 1.15 bits per heavy atom. The van der Waals surface area contributed by atoms with Gasteiger partial charge in [-0.2, -0.15) is 0 Å². The van der Waals surface area contributed by atoms with Gasteiger partial charge in [-0.3, -0.25) is 9.36 Å². The highest BCUT2D eigenvalue weighted by Gasteiger charge is 2.34. The van der Waals surface area contributed by atoms with Crippen LogP contribution in [-0.4, -0.2) is 29.0 Å². The summed E-state index contributed by atoms with van der Waals surface area (Å²) in [6.07, 6.45) is 9.81. The maximum atomic E-state index is 11.8. The first-order valence-electron chi connectivity index (χ1n) is 9.93. The molecule has 1 aromatic carbocycles. The van der Waals surface area contributed by atoms with Crippen LogP contribution in [0.3, 0.4) is 0 Å². The lowest BCUT2D eigenvalue weighted by molar-refractivity contribution is -0.114. The molecule has 0 amide bonds. The standard InChI is InChI=1S/C20H33N2O3P/c1-2-3-4-5-6-7-8-16-9-11-17(12-10-16)15-22-18-13-14-21-19(18)20(23)26(24)25/h9-12,18-19,21-22,26H,2-8,13-15H2,1H3,(H,24,25). The highest BCUT2D eigenvalue weighted by Crippen LogP contribution is 2.22. The number of aryl methyl sites for hydroxylation is 1. The van der Waals surface area contributed by atoms with E-state index in [-0.39, 0.29) is 6.04 Å². The number of carbonyl (C=O) groups is 1. The van der Waals surface area contributed by atoms with Gasteiger partial charge in [-0.25, -0.2) is 0 Å². The molecule has 5 nitrogen and oxygen atoms in total. The maximum absolute atomic E-state index is 11.8. The molecule has 6 heteroatoms. The molecule has 1 fully saturated rings. The number of hydrogen-bond acceptors (Lipinski definition) is 4. The number of unbranched alkanes of at least 4 members (excludes halogenated alkanes) is 5. The second kappa shape index (κ2) is 11.7. The third kappa shape index (κ3) is 6.96. The van der Waals surface area contributed by atoms with Crippen LogP contribution in [0.15, 0.2) is 24.3 Å². The highest BCUT2D eigenvalue weighted by atomic mass is 31.1. The normalized spacial score (nSPS) is 21.0. The molecule has 0 aliphatic carbocycles. The van der Waals surface area contributed by atoms with Crippen molar-refractivity contribution in [2.75, 3.05) is 6.54 Å². The smallest absolute Gasteiger partial charge is 0.254 e. The summed E-state index contributed by atoms with van der Waals surface area (Å²) < 4.78 is 11.1. The van der Waals surface area contributed by atoms with Crippen LogP contribution in [0.25, 0.3) is 0 Å². The van der Waals surface area contributed by atoms with Crippen LogP contribution < -0.4 is 10.6 Å². The predicted octanol–water partition coefficient (Wildman–Crippen LogP) is 3.40. The summed E-state index contributed by atoms with van der Waals surface area (Å²) in [7, 11) is -3.12. The summed E-state index contributed by atoms with van der Waals surface area (Å²) in [4.78, 5) is 20.9. The second-order valence-electron chi connectivity index (χ2n) is 7.21. The second-order valence-corrected chi connectivity index (χ2v) is 8.31. The lowest BCUT2D eigenvalue weighted by Gasteiger charge is -2.18. The average Bonchev–Trinajstić information content (AvgIpc) is 3.11. The first-order valence-corrected chi connectivity index (χ1v) is 11.3. The Morgan fingerprint density at radius 3 is 2.50 bits per heavy atom. The van der Waals surface area contributed by atoms with E-state index in [2.05, 4.69) is 41.8 Å². The van der Waals surface area contributed by atoms with E-state index in [1.54, 1.807) is 0 Å². The monoisotopic (exact) mass is 380 g/mol. The van der Waals surface area contributed by atoms with E-state index in [1.165, 1.54) is 49.7 Å². The Bertz CT molecular complexity index is 577. The largest absolute Gasteiger partial charge is 0.341 e. The molecule has 0 aromatic heterocycles.